The molecule has 1 aromatic heterocycles. The Morgan fingerprint density at radius 1 is 1.39 bits per heavy atom. The van der Waals surface area contributed by atoms with Crippen LogP contribution in [0.2, 0.25) is 0 Å². The van der Waals surface area contributed by atoms with E-state index in [4.69, 9.17) is 0 Å². The third-order valence-corrected chi connectivity index (χ3v) is 4.32. The average Bonchev–Trinajstić information content (AvgIpc) is 2.86. The second-order valence-corrected chi connectivity index (χ2v) is 6.23. The predicted molar refractivity (Wildman–Crippen MR) is 90.4 cm³/mol. The van der Waals surface area contributed by atoms with Crippen LogP contribution in [-0.4, -0.2) is 28.8 Å². The Kier molecular flexibility index (Phi) is 5.08. The zero-order chi connectivity index (χ0) is 16.1. The van der Waals surface area contributed by atoms with Crippen LogP contribution in [0.5, 0.6) is 0 Å². The number of aromatic nitrogens is 2. The molecule has 2 heterocycles. The summed E-state index contributed by atoms with van der Waals surface area (Å²) in [6, 6.07) is 8.21. The van der Waals surface area contributed by atoms with E-state index in [2.05, 4.69) is 34.8 Å². The average molecular weight is 312 g/mol. The third kappa shape index (κ3) is 4.20. The monoisotopic (exact) mass is 312 g/mol. The summed E-state index contributed by atoms with van der Waals surface area (Å²) in [6.45, 7) is 4.56. The minimum atomic E-state index is 0.136. The molecule has 1 aromatic carbocycles. The van der Waals surface area contributed by atoms with Crippen molar-refractivity contribution in [3.63, 3.8) is 0 Å². The first-order valence-electron chi connectivity index (χ1n) is 8.31. The summed E-state index contributed by atoms with van der Waals surface area (Å²) in [6.07, 6.45) is 6.76. The molecule has 2 N–H and O–H groups in total. The van der Waals surface area contributed by atoms with Crippen molar-refractivity contribution in [2.45, 2.75) is 32.7 Å². The van der Waals surface area contributed by atoms with E-state index in [1.54, 1.807) is 0 Å². The molecule has 0 saturated carbocycles. The van der Waals surface area contributed by atoms with Gasteiger partial charge in [-0.1, -0.05) is 12.1 Å². The van der Waals surface area contributed by atoms with Crippen molar-refractivity contribution >= 4 is 5.91 Å². The first kappa shape index (κ1) is 15.7. The minimum Gasteiger partial charge on any atom is -0.352 e. The smallest absolute Gasteiger partial charge is 0.223 e. The van der Waals surface area contributed by atoms with Crippen molar-refractivity contribution < 1.29 is 4.79 Å². The molecule has 1 aliphatic heterocycles. The van der Waals surface area contributed by atoms with Gasteiger partial charge in [0.2, 0.25) is 5.91 Å². The molecule has 5 nitrogen and oxygen atoms in total. The van der Waals surface area contributed by atoms with Gasteiger partial charge >= 0.3 is 0 Å². The maximum absolute atomic E-state index is 12.3. The van der Waals surface area contributed by atoms with Crippen LogP contribution >= 0.6 is 0 Å². The highest BCUT2D eigenvalue weighted by molar-refractivity contribution is 5.78. The van der Waals surface area contributed by atoms with Crippen LogP contribution in [0.3, 0.4) is 0 Å². The molecular formula is C18H24N4O. The summed E-state index contributed by atoms with van der Waals surface area (Å²) in [5.74, 6) is 0.300. The van der Waals surface area contributed by atoms with Gasteiger partial charge in [0.25, 0.3) is 0 Å². The van der Waals surface area contributed by atoms with E-state index in [9.17, 15) is 4.79 Å². The molecule has 1 saturated heterocycles. The summed E-state index contributed by atoms with van der Waals surface area (Å²) < 4.78 is 1.85. The van der Waals surface area contributed by atoms with Gasteiger partial charge in [-0.15, -0.1) is 0 Å². The Morgan fingerprint density at radius 3 is 3.17 bits per heavy atom. The number of nitrogens with one attached hydrogen (secondary N) is 2. The molecule has 0 radical (unpaired) electrons. The Labute approximate surface area is 137 Å². The number of benzene rings is 1. The molecule has 122 valence electrons. The number of carbonyl (C=O) groups is 1. The Balaban J connectivity index is 1.57. The zero-order valence-electron chi connectivity index (χ0n) is 13.6. The van der Waals surface area contributed by atoms with E-state index in [1.165, 1.54) is 5.56 Å². The van der Waals surface area contributed by atoms with E-state index in [1.807, 2.05) is 29.2 Å². The number of rotatable bonds is 4. The maximum Gasteiger partial charge on any atom is 0.223 e. The third-order valence-electron chi connectivity index (χ3n) is 4.32. The fourth-order valence-corrected chi connectivity index (χ4v) is 2.98. The van der Waals surface area contributed by atoms with E-state index < -0.39 is 0 Å². The van der Waals surface area contributed by atoms with Gasteiger partial charge < -0.3 is 10.6 Å². The van der Waals surface area contributed by atoms with Gasteiger partial charge in [-0.2, -0.15) is 5.10 Å². The molecule has 1 amide bonds. The topological polar surface area (TPSA) is 59.0 Å². The summed E-state index contributed by atoms with van der Waals surface area (Å²) in [5, 5.41) is 10.8. The van der Waals surface area contributed by atoms with Crippen LogP contribution in [0, 0.1) is 12.8 Å². The first-order chi connectivity index (χ1) is 11.2. The Hall–Kier alpha value is -2.14. The molecule has 1 unspecified atom stereocenters. The van der Waals surface area contributed by atoms with Crippen LogP contribution in [0.4, 0.5) is 0 Å². The molecule has 23 heavy (non-hydrogen) atoms. The Bertz CT molecular complexity index is 657. The molecule has 0 spiro atoms. The largest absolute Gasteiger partial charge is 0.352 e. The van der Waals surface area contributed by atoms with Gasteiger partial charge in [-0.25, -0.2) is 4.68 Å². The lowest BCUT2D eigenvalue weighted by atomic mass is 10.00. The number of hydrogen-bond acceptors (Lipinski definition) is 3. The van der Waals surface area contributed by atoms with Gasteiger partial charge in [0.1, 0.15) is 0 Å². The van der Waals surface area contributed by atoms with E-state index in [-0.39, 0.29) is 11.8 Å². The molecule has 0 aliphatic carbocycles. The molecule has 1 fully saturated rings. The molecule has 3 rings (SSSR count). The van der Waals surface area contributed by atoms with Crippen molar-refractivity contribution in [3.8, 4) is 5.69 Å². The second-order valence-electron chi connectivity index (χ2n) is 6.23. The fourth-order valence-electron chi connectivity index (χ4n) is 2.98. The van der Waals surface area contributed by atoms with E-state index in [0.29, 0.717) is 6.54 Å². The summed E-state index contributed by atoms with van der Waals surface area (Å²) in [5.41, 5.74) is 3.26. The van der Waals surface area contributed by atoms with Crippen molar-refractivity contribution in [3.05, 3.63) is 47.8 Å². The van der Waals surface area contributed by atoms with Gasteiger partial charge in [0.15, 0.2) is 0 Å². The van der Waals surface area contributed by atoms with Crippen LogP contribution in [0.25, 0.3) is 5.69 Å². The molecule has 0 bridgehead atoms. The van der Waals surface area contributed by atoms with Crippen LogP contribution < -0.4 is 10.6 Å². The molecular weight excluding hydrogens is 288 g/mol. The normalized spacial score (nSPS) is 18.4. The van der Waals surface area contributed by atoms with Crippen molar-refractivity contribution in [1.29, 1.82) is 0 Å². The van der Waals surface area contributed by atoms with Crippen molar-refractivity contribution in [2.24, 2.45) is 5.92 Å². The summed E-state index contributed by atoms with van der Waals surface area (Å²) in [4.78, 5) is 12.3. The molecule has 2 aromatic rings. The maximum atomic E-state index is 12.3. The number of carbonyl (C=O) groups excluding carboxylic acids is 1. The molecule has 5 heteroatoms. The number of aryl methyl sites for hydroxylation is 1. The standard InChI is InChI=1S/C18H24N4O/c1-14-4-2-6-17(10-14)22-13-15(12-21-22)11-20-18(23)16-5-3-8-19-9-7-16/h2,4,6,10,12-13,16,19H,3,5,7-9,11H2,1H3,(H,20,23). The lowest BCUT2D eigenvalue weighted by Gasteiger charge is -2.13. The first-order valence-corrected chi connectivity index (χ1v) is 8.31. The lowest BCUT2D eigenvalue weighted by Crippen LogP contribution is -2.30. The van der Waals surface area contributed by atoms with Crippen LogP contribution in [0.15, 0.2) is 36.7 Å². The van der Waals surface area contributed by atoms with Gasteiger partial charge in [0, 0.05) is 24.2 Å². The predicted octanol–water partition coefficient (Wildman–Crippen LogP) is 2.19. The highest BCUT2D eigenvalue weighted by Gasteiger charge is 2.19. The SMILES string of the molecule is Cc1cccc(-n2cc(CNC(=O)C3CCCNCC3)cn2)c1. The van der Waals surface area contributed by atoms with Crippen LogP contribution in [0.1, 0.15) is 30.4 Å². The number of hydrogen-bond donors (Lipinski definition) is 2. The van der Waals surface area contributed by atoms with Crippen molar-refractivity contribution in [2.75, 3.05) is 13.1 Å². The quantitative estimate of drug-likeness (QED) is 0.910. The zero-order valence-corrected chi connectivity index (χ0v) is 13.6. The highest BCUT2D eigenvalue weighted by atomic mass is 16.1. The van der Waals surface area contributed by atoms with E-state index >= 15 is 0 Å². The van der Waals surface area contributed by atoms with Crippen molar-refractivity contribution in [1.82, 2.24) is 20.4 Å². The number of nitrogens with zero attached hydrogens (tertiary/aromatic N) is 2. The summed E-state index contributed by atoms with van der Waals surface area (Å²) in [7, 11) is 0. The summed E-state index contributed by atoms with van der Waals surface area (Å²) >= 11 is 0. The van der Waals surface area contributed by atoms with Gasteiger partial charge in [0.05, 0.1) is 11.9 Å². The fraction of sp³-hybridized carbons (Fsp3) is 0.444. The molecule has 1 atom stereocenters. The Morgan fingerprint density at radius 2 is 2.30 bits per heavy atom. The highest BCUT2D eigenvalue weighted by Crippen LogP contribution is 2.14. The van der Waals surface area contributed by atoms with Gasteiger partial charge in [-0.3, -0.25) is 4.79 Å². The number of amides is 1. The lowest BCUT2D eigenvalue weighted by molar-refractivity contribution is -0.125. The van der Waals surface area contributed by atoms with Crippen LogP contribution in [-0.2, 0) is 11.3 Å². The van der Waals surface area contributed by atoms with Gasteiger partial charge in [-0.05, 0) is 57.0 Å². The minimum absolute atomic E-state index is 0.136. The molecule has 1 aliphatic rings. The second kappa shape index (κ2) is 7.42. The van der Waals surface area contributed by atoms with E-state index in [0.717, 1.165) is 43.6 Å².